The van der Waals surface area contributed by atoms with Crippen LogP contribution in [0.2, 0.25) is 0 Å². The molecule has 2 aliphatic carbocycles. The van der Waals surface area contributed by atoms with E-state index in [-0.39, 0.29) is 11.2 Å². The molecule has 2 aliphatic rings. The molecule has 0 radical (unpaired) electrons. The van der Waals surface area contributed by atoms with Gasteiger partial charge in [0.25, 0.3) is 0 Å². The molecule has 17 heavy (non-hydrogen) atoms. The highest BCUT2D eigenvalue weighted by Gasteiger charge is 2.41. The van der Waals surface area contributed by atoms with Crippen LogP contribution in [0.25, 0.3) is 0 Å². The lowest BCUT2D eigenvalue weighted by molar-refractivity contribution is -0.120. The van der Waals surface area contributed by atoms with Crippen molar-refractivity contribution in [1.82, 2.24) is 0 Å². The van der Waals surface area contributed by atoms with Crippen molar-refractivity contribution in [3.63, 3.8) is 0 Å². The topological polar surface area (TPSA) is 34.1 Å². The molecule has 0 spiro atoms. The predicted molar refractivity (Wildman–Crippen MR) is 65.1 cm³/mol. The first-order valence-electron chi connectivity index (χ1n) is 5.98. The third kappa shape index (κ3) is 1.40. The first kappa shape index (κ1) is 10.5. The lowest BCUT2D eigenvalue weighted by Crippen LogP contribution is -2.36. The van der Waals surface area contributed by atoms with E-state index in [1.54, 1.807) is 6.08 Å². The Hall–Kier alpha value is -1.70. The van der Waals surface area contributed by atoms with Gasteiger partial charge in [-0.25, -0.2) is 0 Å². The standard InChI is InChI=1S/C15H14O2/c1-15-9-11(16)7-6-10(15)8-14(17)12-4-2-3-5-13(12)15/h2-5,8H,6-7,9H2,1H3. The summed E-state index contributed by atoms with van der Waals surface area (Å²) >= 11 is 0. The van der Waals surface area contributed by atoms with Gasteiger partial charge in [0.05, 0.1) is 0 Å². The minimum Gasteiger partial charge on any atom is -0.300 e. The van der Waals surface area contributed by atoms with Crippen LogP contribution < -0.4 is 0 Å². The smallest absolute Gasteiger partial charge is 0.186 e. The van der Waals surface area contributed by atoms with Crippen LogP contribution in [0.3, 0.4) is 0 Å². The van der Waals surface area contributed by atoms with Gasteiger partial charge in [-0.15, -0.1) is 0 Å². The minimum absolute atomic E-state index is 0.0856. The van der Waals surface area contributed by atoms with E-state index < -0.39 is 0 Å². The van der Waals surface area contributed by atoms with Gasteiger partial charge in [0.15, 0.2) is 5.78 Å². The summed E-state index contributed by atoms with van der Waals surface area (Å²) in [5, 5.41) is 0. The summed E-state index contributed by atoms with van der Waals surface area (Å²) < 4.78 is 0. The van der Waals surface area contributed by atoms with Crippen molar-refractivity contribution in [2.75, 3.05) is 0 Å². The van der Waals surface area contributed by atoms with Crippen molar-refractivity contribution < 1.29 is 9.59 Å². The van der Waals surface area contributed by atoms with Gasteiger partial charge in [0, 0.05) is 23.8 Å². The van der Waals surface area contributed by atoms with Crippen LogP contribution in [0, 0.1) is 0 Å². The molecule has 0 N–H and O–H groups in total. The van der Waals surface area contributed by atoms with Crippen LogP contribution in [0.5, 0.6) is 0 Å². The molecule has 1 atom stereocenters. The largest absolute Gasteiger partial charge is 0.300 e. The average molecular weight is 226 g/mol. The van der Waals surface area contributed by atoms with Gasteiger partial charge in [0.2, 0.25) is 0 Å². The number of fused-ring (bicyclic) bond motifs is 3. The van der Waals surface area contributed by atoms with E-state index in [2.05, 4.69) is 6.92 Å². The Kier molecular flexibility index (Phi) is 2.09. The summed E-state index contributed by atoms with van der Waals surface area (Å²) in [6.45, 7) is 2.08. The van der Waals surface area contributed by atoms with E-state index in [1.165, 1.54) is 0 Å². The normalized spacial score (nSPS) is 27.2. The number of ketones is 2. The Balaban J connectivity index is 2.23. The van der Waals surface area contributed by atoms with Crippen molar-refractivity contribution in [2.24, 2.45) is 0 Å². The molecule has 0 aromatic heterocycles. The van der Waals surface area contributed by atoms with Crippen molar-refractivity contribution in [2.45, 2.75) is 31.6 Å². The fourth-order valence-corrected chi connectivity index (χ4v) is 3.06. The number of rotatable bonds is 0. The predicted octanol–water partition coefficient (Wildman–Crippen LogP) is 2.82. The second-order valence-electron chi connectivity index (χ2n) is 5.13. The van der Waals surface area contributed by atoms with Crippen LogP contribution in [0.4, 0.5) is 0 Å². The number of carbonyl (C=O) groups excluding carboxylic acids is 2. The number of benzene rings is 1. The number of hydrogen-bond acceptors (Lipinski definition) is 2. The quantitative estimate of drug-likeness (QED) is 0.681. The first-order chi connectivity index (χ1) is 8.11. The zero-order valence-electron chi connectivity index (χ0n) is 9.82. The lowest BCUT2D eigenvalue weighted by Gasteiger charge is -2.39. The molecule has 1 fully saturated rings. The Morgan fingerprint density at radius 1 is 1.12 bits per heavy atom. The molecule has 0 amide bonds. The van der Waals surface area contributed by atoms with Gasteiger partial charge in [-0.3, -0.25) is 9.59 Å². The maximum atomic E-state index is 12.0. The molecule has 2 heteroatoms. The van der Waals surface area contributed by atoms with Crippen LogP contribution in [0.1, 0.15) is 42.1 Å². The van der Waals surface area contributed by atoms with Gasteiger partial charge in [0.1, 0.15) is 5.78 Å². The fraction of sp³-hybridized carbons (Fsp3) is 0.333. The van der Waals surface area contributed by atoms with Crippen LogP contribution in [-0.4, -0.2) is 11.6 Å². The summed E-state index contributed by atoms with van der Waals surface area (Å²) in [4.78, 5) is 23.7. The van der Waals surface area contributed by atoms with E-state index in [4.69, 9.17) is 0 Å². The van der Waals surface area contributed by atoms with Crippen molar-refractivity contribution in [3.05, 3.63) is 47.0 Å². The minimum atomic E-state index is -0.250. The molecule has 2 nitrogen and oxygen atoms in total. The highest BCUT2D eigenvalue weighted by Crippen LogP contribution is 2.45. The summed E-state index contributed by atoms with van der Waals surface area (Å²) in [7, 11) is 0. The molecular weight excluding hydrogens is 212 g/mol. The second kappa shape index (κ2) is 3.39. The number of hydrogen-bond donors (Lipinski definition) is 0. The molecule has 0 aliphatic heterocycles. The Labute approximate surface area is 100 Å². The van der Waals surface area contributed by atoms with E-state index >= 15 is 0 Å². The highest BCUT2D eigenvalue weighted by atomic mass is 16.1. The SMILES string of the molecule is CC12CC(=O)CCC1=CC(=O)c1ccccc12. The van der Waals surface area contributed by atoms with Crippen molar-refractivity contribution in [3.8, 4) is 0 Å². The molecule has 1 unspecified atom stereocenters. The maximum absolute atomic E-state index is 12.0. The molecule has 86 valence electrons. The Bertz CT molecular complexity index is 554. The van der Waals surface area contributed by atoms with Crippen LogP contribution in [0.15, 0.2) is 35.9 Å². The molecule has 0 bridgehead atoms. The summed E-state index contributed by atoms with van der Waals surface area (Å²) in [6.07, 6.45) is 3.59. The molecule has 3 rings (SSSR count). The van der Waals surface area contributed by atoms with E-state index in [0.717, 1.165) is 23.1 Å². The third-order valence-electron chi connectivity index (χ3n) is 4.02. The van der Waals surface area contributed by atoms with E-state index in [0.29, 0.717) is 18.6 Å². The number of carbonyl (C=O) groups is 2. The monoisotopic (exact) mass is 226 g/mol. The van der Waals surface area contributed by atoms with Crippen LogP contribution in [-0.2, 0) is 10.2 Å². The van der Waals surface area contributed by atoms with Crippen molar-refractivity contribution >= 4 is 11.6 Å². The van der Waals surface area contributed by atoms with E-state index in [9.17, 15) is 9.59 Å². The van der Waals surface area contributed by atoms with Gasteiger partial charge >= 0.3 is 0 Å². The van der Waals surface area contributed by atoms with Gasteiger partial charge in [-0.05, 0) is 18.1 Å². The number of allylic oxidation sites excluding steroid dienone is 2. The zero-order valence-corrected chi connectivity index (χ0v) is 9.82. The molecule has 1 aromatic rings. The summed E-state index contributed by atoms with van der Waals surface area (Å²) in [5.74, 6) is 0.385. The fourth-order valence-electron chi connectivity index (χ4n) is 3.06. The van der Waals surface area contributed by atoms with E-state index in [1.807, 2.05) is 24.3 Å². The van der Waals surface area contributed by atoms with Crippen LogP contribution >= 0.6 is 0 Å². The third-order valence-corrected chi connectivity index (χ3v) is 4.02. The average Bonchev–Trinajstić information content (AvgIpc) is 2.32. The second-order valence-corrected chi connectivity index (χ2v) is 5.13. The summed E-state index contributed by atoms with van der Waals surface area (Å²) in [6, 6.07) is 7.66. The van der Waals surface area contributed by atoms with Gasteiger partial charge < -0.3 is 0 Å². The molecular formula is C15H14O2. The maximum Gasteiger partial charge on any atom is 0.186 e. The molecule has 0 saturated heterocycles. The zero-order chi connectivity index (χ0) is 12.0. The molecule has 0 heterocycles. The summed E-state index contributed by atoms with van der Waals surface area (Å²) in [5.41, 5.74) is 2.66. The Morgan fingerprint density at radius 3 is 2.71 bits per heavy atom. The lowest BCUT2D eigenvalue weighted by atomic mass is 9.63. The number of Topliss-reactive ketones (excluding diaryl/α,β-unsaturated/α-hetero) is 1. The molecule has 1 aromatic carbocycles. The highest BCUT2D eigenvalue weighted by molar-refractivity contribution is 6.08. The van der Waals surface area contributed by atoms with Gasteiger partial charge in [-0.1, -0.05) is 36.8 Å². The first-order valence-corrected chi connectivity index (χ1v) is 5.98. The van der Waals surface area contributed by atoms with Gasteiger partial charge in [-0.2, -0.15) is 0 Å². The Morgan fingerprint density at radius 2 is 1.88 bits per heavy atom. The van der Waals surface area contributed by atoms with Crippen molar-refractivity contribution in [1.29, 1.82) is 0 Å². The molecule has 1 saturated carbocycles.